The average Bonchev–Trinajstić information content (AvgIpc) is 3.44. The predicted octanol–water partition coefficient (Wildman–Crippen LogP) is 8.49. The van der Waals surface area contributed by atoms with Crippen LogP contribution in [0.25, 0.3) is 72.5 Å². The number of hydrogen-bond donors (Lipinski definition) is 0. The van der Waals surface area contributed by atoms with Gasteiger partial charge in [0.25, 0.3) is 0 Å². The first-order valence-electron chi connectivity index (χ1n) is 13.6. The fraction of sp³-hybridized carbons (Fsp3) is 0. The molecule has 0 radical (unpaired) electrons. The molecule has 0 N–H and O–H groups in total. The second kappa shape index (κ2) is 9.50. The predicted molar refractivity (Wildman–Crippen MR) is 165 cm³/mol. The molecule has 0 atom stereocenters. The minimum atomic E-state index is 0.871. The summed E-state index contributed by atoms with van der Waals surface area (Å²) in [6.45, 7) is 0. The Balaban J connectivity index is 1.14. The van der Waals surface area contributed by atoms with Crippen molar-refractivity contribution in [1.82, 2.24) is 24.3 Å². The minimum Gasteiger partial charge on any atom is -0.284 e. The van der Waals surface area contributed by atoms with Gasteiger partial charge in [0.05, 0.1) is 17.1 Å². The lowest BCUT2D eigenvalue weighted by Gasteiger charge is -2.09. The third-order valence-electron chi connectivity index (χ3n) is 7.54. The van der Waals surface area contributed by atoms with Gasteiger partial charge in [0.1, 0.15) is 11.2 Å². The summed E-state index contributed by atoms with van der Waals surface area (Å²) in [5.74, 6) is 0. The second-order valence-corrected chi connectivity index (χ2v) is 10.0. The third-order valence-corrected chi connectivity index (χ3v) is 7.54. The largest absolute Gasteiger partial charge is 0.284 e. The molecule has 192 valence electrons. The number of rotatable bonds is 4. The number of aromatic nitrogens is 5. The highest BCUT2D eigenvalue weighted by Crippen LogP contribution is 2.34. The summed E-state index contributed by atoms with van der Waals surface area (Å²) in [6, 6.07) is 41.7. The van der Waals surface area contributed by atoms with Gasteiger partial charge < -0.3 is 0 Å². The van der Waals surface area contributed by atoms with Crippen molar-refractivity contribution in [1.29, 1.82) is 0 Å². The van der Waals surface area contributed by atoms with Crippen LogP contribution in [0.5, 0.6) is 0 Å². The molecule has 41 heavy (non-hydrogen) atoms. The minimum absolute atomic E-state index is 0.871. The Hall–Kier alpha value is -5.68. The van der Waals surface area contributed by atoms with Crippen molar-refractivity contribution in [3.8, 4) is 44.9 Å². The molecule has 5 aromatic heterocycles. The van der Waals surface area contributed by atoms with Gasteiger partial charge in [-0.15, -0.1) is 0 Å². The van der Waals surface area contributed by atoms with Gasteiger partial charge in [-0.2, -0.15) is 0 Å². The number of fused-ring (bicyclic) bond motifs is 5. The normalized spacial score (nSPS) is 11.4. The Morgan fingerprint density at radius 1 is 0.463 bits per heavy atom. The quantitative estimate of drug-likeness (QED) is 0.231. The maximum atomic E-state index is 5.13. The topological polar surface area (TPSA) is 56.0 Å². The molecule has 0 saturated carbocycles. The zero-order valence-corrected chi connectivity index (χ0v) is 22.0. The van der Waals surface area contributed by atoms with Crippen LogP contribution >= 0.6 is 0 Å². The summed E-state index contributed by atoms with van der Waals surface area (Å²) in [4.78, 5) is 19.1. The first-order chi connectivity index (χ1) is 20.3. The molecule has 5 heterocycles. The Labute approximate surface area is 236 Å². The fourth-order valence-corrected chi connectivity index (χ4v) is 5.48. The van der Waals surface area contributed by atoms with Crippen LogP contribution < -0.4 is 0 Å². The van der Waals surface area contributed by atoms with Crippen molar-refractivity contribution in [2.45, 2.75) is 0 Å². The summed E-state index contributed by atoms with van der Waals surface area (Å²) in [5, 5.41) is 2.21. The van der Waals surface area contributed by atoms with Crippen molar-refractivity contribution in [3.63, 3.8) is 0 Å². The van der Waals surface area contributed by atoms with E-state index in [0.717, 1.165) is 72.5 Å². The summed E-state index contributed by atoms with van der Waals surface area (Å²) >= 11 is 0. The van der Waals surface area contributed by atoms with Crippen LogP contribution in [0.4, 0.5) is 0 Å². The Kier molecular flexibility index (Phi) is 5.38. The molecule has 0 aliphatic heterocycles. The standard InChI is InChI=1S/C36H23N5/c1-2-9-30-29(8-1)34(40-36-35(30)39-33-12-3-4-22-41(33)36)27-19-15-25(16-20-27)24-13-17-26(18-14-24)31-10-5-11-32(38-31)28-7-6-21-37-23-28/h1-23H. The van der Waals surface area contributed by atoms with E-state index in [1.54, 1.807) is 6.20 Å². The Morgan fingerprint density at radius 2 is 1.15 bits per heavy atom. The van der Waals surface area contributed by atoms with Crippen molar-refractivity contribution < 1.29 is 0 Å². The maximum absolute atomic E-state index is 5.13. The summed E-state index contributed by atoms with van der Waals surface area (Å²) in [6.07, 6.45) is 5.64. The molecular formula is C36H23N5. The SMILES string of the molecule is c1cncc(-c2cccc(-c3ccc(-c4ccc(-c5nc6c(nc7ccccn76)c6ccccc56)cc4)cc3)n2)c1. The molecule has 0 spiro atoms. The van der Waals surface area contributed by atoms with E-state index < -0.39 is 0 Å². The molecule has 3 aromatic carbocycles. The number of hydrogen-bond acceptors (Lipinski definition) is 4. The first kappa shape index (κ1) is 23.2. The molecule has 0 amide bonds. The number of nitrogens with zero attached hydrogens (tertiary/aromatic N) is 5. The molecular weight excluding hydrogens is 502 g/mol. The Bertz CT molecular complexity index is 2180. The van der Waals surface area contributed by atoms with E-state index in [1.165, 1.54) is 0 Å². The monoisotopic (exact) mass is 525 g/mol. The lowest BCUT2D eigenvalue weighted by Crippen LogP contribution is -1.92. The second-order valence-electron chi connectivity index (χ2n) is 10.0. The zero-order chi connectivity index (χ0) is 27.2. The van der Waals surface area contributed by atoms with Gasteiger partial charge in [-0.1, -0.05) is 84.9 Å². The number of pyridine rings is 4. The first-order valence-corrected chi connectivity index (χ1v) is 13.6. The van der Waals surface area contributed by atoms with Gasteiger partial charge in [-0.3, -0.25) is 9.38 Å². The molecule has 8 aromatic rings. The van der Waals surface area contributed by atoms with Crippen LogP contribution in [0.2, 0.25) is 0 Å². The van der Waals surface area contributed by atoms with Crippen LogP contribution in [-0.2, 0) is 0 Å². The zero-order valence-electron chi connectivity index (χ0n) is 22.0. The highest BCUT2D eigenvalue weighted by Gasteiger charge is 2.15. The van der Waals surface area contributed by atoms with Crippen molar-refractivity contribution >= 4 is 27.6 Å². The van der Waals surface area contributed by atoms with Crippen LogP contribution in [0.15, 0.2) is 140 Å². The average molecular weight is 526 g/mol. The highest BCUT2D eigenvalue weighted by molar-refractivity contribution is 6.09. The summed E-state index contributed by atoms with van der Waals surface area (Å²) in [7, 11) is 0. The molecule has 0 bridgehead atoms. The smallest absolute Gasteiger partial charge is 0.165 e. The fourth-order valence-electron chi connectivity index (χ4n) is 5.48. The summed E-state index contributed by atoms with van der Waals surface area (Å²) < 4.78 is 2.06. The van der Waals surface area contributed by atoms with Gasteiger partial charge in [0, 0.05) is 46.1 Å². The molecule has 0 saturated heterocycles. The van der Waals surface area contributed by atoms with E-state index >= 15 is 0 Å². The lowest BCUT2D eigenvalue weighted by atomic mass is 9.98. The van der Waals surface area contributed by atoms with Gasteiger partial charge in [0.2, 0.25) is 0 Å². The molecule has 0 aliphatic carbocycles. The van der Waals surface area contributed by atoms with Crippen LogP contribution in [0.3, 0.4) is 0 Å². The number of imidazole rings is 1. The van der Waals surface area contributed by atoms with Crippen molar-refractivity contribution in [2.75, 3.05) is 0 Å². The van der Waals surface area contributed by atoms with Crippen LogP contribution in [0, 0.1) is 0 Å². The highest BCUT2D eigenvalue weighted by atomic mass is 15.1. The van der Waals surface area contributed by atoms with Crippen molar-refractivity contribution in [3.05, 3.63) is 140 Å². The van der Waals surface area contributed by atoms with Gasteiger partial charge in [0.15, 0.2) is 5.65 Å². The van der Waals surface area contributed by atoms with E-state index in [-0.39, 0.29) is 0 Å². The van der Waals surface area contributed by atoms with E-state index in [4.69, 9.17) is 15.0 Å². The maximum Gasteiger partial charge on any atom is 0.165 e. The molecule has 8 rings (SSSR count). The molecule has 0 fully saturated rings. The van der Waals surface area contributed by atoms with E-state index in [0.29, 0.717) is 0 Å². The summed E-state index contributed by atoms with van der Waals surface area (Å²) in [5.41, 5.74) is 11.0. The van der Waals surface area contributed by atoms with Gasteiger partial charge in [-0.25, -0.2) is 15.0 Å². The van der Waals surface area contributed by atoms with E-state index in [2.05, 4.69) is 82.2 Å². The lowest BCUT2D eigenvalue weighted by molar-refractivity contribution is 1.19. The van der Waals surface area contributed by atoms with Crippen molar-refractivity contribution in [2.24, 2.45) is 0 Å². The Morgan fingerprint density at radius 3 is 1.90 bits per heavy atom. The van der Waals surface area contributed by atoms with Crippen LogP contribution in [0.1, 0.15) is 0 Å². The third kappa shape index (κ3) is 4.03. The van der Waals surface area contributed by atoms with E-state index in [9.17, 15) is 0 Å². The number of benzene rings is 3. The van der Waals surface area contributed by atoms with Crippen LogP contribution in [-0.4, -0.2) is 24.3 Å². The molecule has 5 heteroatoms. The van der Waals surface area contributed by atoms with Gasteiger partial charge >= 0.3 is 0 Å². The molecule has 0 aliphatic rings. The van der Waals surface area contributed by atoms with E-state index in [1.807, 2.05) is 60.9 Å². The molecule has 5 nitrogen and oxygen atoms in total. The molecule has 0 unspecified atom stereocenters. The van der Waals surface area contributed by atoms with Gasteiger partial charge in [-0.05, 0) is 47.5 Å².